The van der Waals surface area contributed by atoms with Crippen LogP contribution >= 0.6 is 0 Å². The van der Waals surface area contributed by atoms with E-state index < -0.39 is 0 Å². The Bertz CT molecular complexity index is 1190. The van der Waals surface area contributed by atoms with Crippen LogP contribution in [0, 0.1) is 0 Å². The predicted molar refractivity (Wildman–Crippen MR) is 112 cm³/mol. The first-order valence-corrected chi connectivity index (χ1v) is 9.32. The van der Waals surface area contributed by atoms with Crippen LogP contribution in [0.15, 0.2) is 66.7 Å². The summed E-state index contributed by atoms with van der Waals surface area (Å²) in [6, 6.07) is 21.4. The lowest BCUT2D eigenvalue weighted by atomic mass is 10.0. The lowest BCUT2D eigenvalue weighted by molar-refractivity contribution is -0.144. The van der Waals surface area contributed by atoms with Gasteiger partial charge in [0.15, 0.2) is 11.5 Å². The molecule has 146 valence electrons. The first-order valence-electron chi connectivity index (χ1n) is 9.32. The van der Waals surface area contributed by atoms with Crippen molar-refractivity contribution < 1.29 is 19.0 Å². The largest absolute Gasteiger partial charge is 0.493 e. The molecule has 5 nitrogen and oxygen atoms in total. The molecule has 1 heterocycles. The highest BCUT2D eigenvalue weighted by Gasteiger charge is 2.12. The predicted octanol–water partition coefficient (Wildman–Crippen LogP) is 4.69. The number of hydrogen-bond donors (Lipinski definition) is 0. The molecule has 0 spiro atoms. The zero-order valence-electron chi connectivity index (χ0n) is 16.3. The molecule has 0 aliphatic carbocycles. The maximum Gasteiger partial charge on any atom is 0.310 e. The van der Waals surface area contributed by atoms with Crippen molar-refractivity contribution in [1.82, 2.24) is 4.98 Å². The normalized spacial score (nSPS) is 10.8. The van der Waals surface area contributed by atoms with E-state index in [1.165, 1.54) is 0 Å². The van der Waals surface area contributed by atoms with Crippen LogP contribution in [-0.2, 0) is 22.6 Å². The Morgan fingerprint density at radius 1 is 0.828 bits per heavy atom. The summed E-state index contributed by atoms with van der Waals surface area (Å²) in [6.45, 7) is 0.122. The Hall–Kier alpha value is -3.60. The van der Waals surface area contributed by atoms with Gasteiger partial charge in [-0.25, -0.2) is 4.98 Å². The van der Waals surface area contributed by atoms with Crippen molar-refractivity contribution >= 4 is 27.6 Å². The molecule has 0 radical (unpaired) electrons. The second kappa shape index (κ2) is 8.19. The van der Waals surface area contributed by atoms with Crippen molar-refractivity contribution in [1.29, 1.82) is 0 Å². The number of para-hydroxylation sites is 1. The van der Waals surface area contributed by atoms with Gasteiger partial charge >= 0.3 is 5.97 Å². The number of nitrogens with zero attached hydrogens (tertiary/aromatic N) is 1. The van der Waals surface area contributed by atoms with E-state index >= 15 is 0 Å². The molecule has 29 heavy (non-hydrogen) atoms. The van der Waals surface area contributed by atoms with Gasteiger partial charge in [-0.05, 0) is 29.1 Å². The highest BCUT2D eigenvalue weighted by molar-refractivity contribution is 6.06. The van der Waals surface area contributed by atoms with E-state index in [9.17, 15) is 4.79 Å². The molecule has 0 unspecified atom stereocenters. The summed E-state index contributed by atoms with van der Waals surface area (Å²) in [5.41, 5.74) is 2.43. The van der Waals surface area contributed by atoms with Gasteiger partial charge in [0.1, 0.15) is 6.61 Å². The maximum atomic E-state index is 12.4. The fourth-order valence-corrected chi connectivity index (χ4v) is 3.44. The van der Waals surface area contributed by atoms with Crippen LogP contribution in [0.4, 0.5) is 0 Å². The molecule has 5 heteroatoms. The van der Waals surface area contributed by atoms with E-state index in [1.807, 2.05) is 42.5 Å². The molecule has 3 aromatic carbocycles. The fraction of sp³-hybridized carbons (Fsp3) is 0.167. The Kier molecular flexibility index (Phi) is 5.29. The Morgan fingerprint density at radius 3 is 2.28 bits per heavy atom. The number of carbonyl (C=O) groups excluding carboxylic acids is 1. The third kappa shape index (κ3) is 3.85. The van der Waals surface area contributed by atoms with E-state index in [1.54, 1.807) is 26.4 Å². The van der Waals surface area contributed by atoms with Gasteiger partial charge in [0, 0.05) is 10.8 Å². The van der Waals surface area contributed by atoms with Crippen LogP contribution in [0.3, 0.4) is 0 Å². The number of benzene rings is 3. The van der Waals surface area contributed by atoms with E-state index in [-0.39, 0.29) is 19.0 Å². The summed E-state index contributed by atoms with van der Waals surface area (Å²) >= 11 is 0. The lowest BCUT2D eigenvalue weighted by Crippen LogP contribution is -2.09. The van der Waals surface area contributed by atoms with Crippen molar-refractivity contribution in [2.45, 2.75) is 13.0 Å². The number of hydrogen-bond acceptors (Lipinski definition) is 5. The molecule has 1 aromatic heterocycles. The second-order valence-corrected chi connectivity index (χ2v) is 6.65. The summed E-state index contributed by atoms with van der Waals surface area (Å²) < 4.78 is 16.1. The average molecular weight is 387 g/mol. The zero-order chi connectivity index (χ0) is 20.2. The highest BCUT2D eigenvalue weighted by atomic mass is 16.5. The summed E-state index contributed by atoms with van der Waals surface area (Å²) in [5.74, 6) is 0.882. The molecule has 4 rings (SSSR count). The molecule has 0 aliphatic rings. The number of methoxy groups -OCH3 is 2. The maximum absolute atomic E-state index is 12.4. The molecule has 0 fully saturated rings. The Labute approximate surface area is 168 Å². The molecular formula is C24H21NO4. The first-order chi connectivity index (χ1) is 14.2. The molecule has 4 aromatic rings. The number of carbonyl (C=O) groups is 1. The minimum absolute atomic E-state index is 0.122. The summed E-state index contributed by atoms with van der Waals surface area (Å²) in [7, 11) is 3.14. The van der Waals surface area contributed by atoms with Crippen molar-refractivity contribution in [2.24, 2.45) is 0 Å². The monoisotopic (exact) mass is 387 g/mol. The van der Waals surface area contributed by atoms with Crippen molar-refractivity contribution in [3.8, 4) is 11.5 Å². The van der Waals surface area contributed by atoms with Crippen LogP contribution in [-0.4, -0.2) is 25.2 Å². The third-order valence-corrected chi connectivity index (χ3v) is 4.85. The van der Waals surface area contributed by atoms with Crippen molar-refractivity contribution in [3.05, 3.63) is 78.0 Å². The third-order valence-electron chi connectivity index (χ3n) is 4.85. The van der Waals surface area contributed by atoms with Gasteiger partial charge in [-0.3, -0.25) is 4.79 Å². The standard InChI is InChI=1S/C24H21NO4/c1-27-22-12-11-16(13-23(22)28-2)14-24(26)29-15-21-19-9-4-3-7-17(19)18-8-5-6-10-20(18)25-21/h3-13H,14-15H2,1-2H3. The number of ether oxygens (including phenoxy) is 3. The number of fused-ring (bicyclic) bond motifs is 3. The highest BCUT2D eigenvalue weighted by Crippen LogP contribution is 2.28. The van der Waals surface area contributed by atoms with Gasteiger partial charge in [0.25, 0.3) is 0 Å². The SMILES string of the molecule is COc1ccc(CC(=O)OCc2nc3ccccc3c3ccccc23)cc1OC. The Morgan fingerprint density at radius 2 is 1.52 bits per heavy atom. The number of aromatic nitrogens is 1. The van der Waals surface area contributed by atoms with Crippen LogP contribution in [0.25, 0.3) is 21.7 Å². The summed E-state index contributed by atoms with van der Waals surface area (Å²) in [6.07, 6.45) is 0.145. The quantitative estimate of drug-likeness (QED) is 0.355. The first kappa shape index (κ1) is 18.7. The van der Waals surface area contributed by atoms with Crippen molar-refractivity contribution in [2.75, 3.05) is 14.2 Å². The van der Waals surface area contributed by atoms with Crippen LogP contribution < -0.4 is 9.47 Å². The van der Waals surface area contributed by atoms with Gasteiger partial charge in [0.05, 0.1) is 31.9 Å². The summed E-state index contributed by atoms with van der Waals surface area (Å²) in [4.78, 5) is 17.1. The number of esters is 1. The van der Waals surface area contributed by atoms with Gasteiger partial charge in [0.2, 0.25) is 0 Å². The second-order valence-electron chi connectivity index (χ2n) is 6.65. The molecule has 0 N–H and O–H groups in total. The zero-order valence-corrected chi connectivity index (χ0v) is 16.3. The van der Waals surface area contributed by atoms with E-state index in [0.29, 0.717) is 11.5 Å². The molecule has 0 atom stereocenters. The minimum Gasteiger partial charge on any atom is -0.493 e. The minimum atomic E-state index is -0.323. The lowest BCUT2D eigenvalue weighted by Gasteiger charge is -2.11. The van der Waals surface area contributed by atoms with Crippen LogP contribution in [0.2, 0.25) is 0 Å². The fourth-order valence-electron chi connectivity index (χ4n) is 3.44. The summed E-state index contributed by atoms with van der Waals surface area (Å²) in [5, 5.41) is 3.18. The molecule has 0 bridgehead atoms. The average Bonchev–Trinajstić information content (AvgIpc) is 2.77. The molecule has 0 saturated carbocycles. The topological polar surface area (TPSA) is 57.7 Å². The van der Waals surface area contributed by atoms with E-state index in [2.05, 4.69) is 12.1 Å². The van der Waals surface area contributed by atoms with E-state index in [4.69, 9.17) is 19.2 Å². The van der Waals surface area contributed by atoms with Crippen LogP contribution in [0.1, 0.15) is 11.3 Å². The molecule has 0 amide bonds. The van der Waals surface area contributed by atoms with E-state index in [0.717, 1.165) is 32.9 Å². The number of rotatable bonds is 6. The van der Waals surface area contributed by atoms with Crippen LogP contribution in [0.5, 0.6) is 11.5 Å². The molecule has 0 saturated heterocycles. The molecule has 0 aliphatic heterocycles. The van der Waals surface area contributed by atoms with Crippen molar-refractivity contribution in [3.63, 3.8) is 0 Å². The Balaban J connectivity index is 1.54. The van der Waals surface area contributed by atoms with Gasteiger partial charge in [-0.2, -0.15) is 0 Å². The van der Waals surface area contributed by atoms with Gasteiger partial charge < -0.3 is 14.2 Å². The molecular weight excluding hydrogens is 366 g/mol. The van der Waals surface area contributed by atoms with Gasteiger partial charge in [-0.15, -0.1) is 0 Å². The smallest absolute Gasteiger partial charge is 0.310 e. The van der Waals surface area contributed by atoms with Gasteiger partial charge in [-0.1, -0.05) is 48.5 Å². The number of pyridine rings is 1.